The summed E-state index contributed by atoms with van der Waals surface area (Å²) in [6.45, 7) is 1.78. The molecule has 0 aliphatic carbocycles. The zero-order valence-electron chi connectivity index (χ0n) is 9.20. The Bertz CT molecular complexity index is 595. The molecule has 0 saturated heterocycles. The summed E-state index contributed by atoms with van der Waals surface area (Å²) in [7, 11) is 1.77. The Morgan fingerprint density at radius 2 is 2.25 bits per heavy atom. The van der Waals surface area contributed by atoms with Gasteiger partial charge in [0, 0.05) is 19.2 Å². The van der Waals surface area contributed by atoms with E-state index in [1.165, 1.54) is 0 Å². The number of H-pyrrole nitrogens is 1. The van der Waals surface area contributed by atoms with E-state index >= 15 is 0 Å². The number of nitrogens with one attached hydrogen (secondary N) is 2. The Morgan fingerprint density at radius 3 is 2.94 bits per heavy atom. The summed E-state index contributed by atoms with van der Waals surface area (Å²) in [5, 5.41) is 5.96. The minimum absolute atomic E-state index is 0.0632. The maximum absolute atomic E-state index is 11.5. The third kappa shape index (κ3) is 1.71. The Kier molecular flexibility index (Phi) is 2.52. The summed E-state index contributed by atoms with van der Waals surface area (Å²) in [5.41, 5.74) is 1.32. The SMILES string of the molecule is CCC(=O)Nc1ccc2c(c1)c(=O)[nH]n2C. The molecule has 1 amide bonds. The first kappa shape index (κ1) is 10.5. The van der Waals surface area contributed by atoms with Crippen molar-refractivity contribution in [2.45, 2.75) is 13.3 Å². The van der Waals surface area contributed by atoms with Crippen molar-refractivity contribution in [2.24, 2.45) is 7.05 Å². The van der Waals surface area contributed by atoms with E-state index in [9.17, 15) is 9.59 Å². The minimum Gasteiger partial charge on any atom is -0.326 e. The lowest BCUT2D eigenvalue weighted by molar-refractivity contribution is -0.115. The van der Waals surface area contributed by atoms with E-state index in [0.717, 1.165) is 5.52 Å². The highest BCUT2D eigenvalue weighted by molar-refractivity contribution is 5.93. The second-order valence-electron chi connectivity index (χ2n) is 3.63. The molecule has 0 radical (unpaired) electrons. The summed E-state index contributed by atoms with van der Waals surface area (Å²) >= 11 is 0. The van der Waals surface area contributed by atoms with E-state index in [-0.39, 0.29) is 11.5 Å². The first-order valence-electron chi connectivity index (χ1n) is 5.10. The highest BCUT2D eigenvalue weighted by atomic mass is 16.1. The van der Waals surface area contributed by atoms with Gasteiger partial charge < -0.3 is 5.32 Å². The van der Waals surface area contributed by atoms with Crippen LogP contribution in [0.4, 0.5) is 5.69 Å². The third-order valence-corrected chi connectivity index (χ3v) is 2.48. The van der Waals surface area contributed by atoms with Crippen molar-refractivity contribution in [1.29, 1.82) is 0 Å². The normalized spacial score (nSPS) is 10.6. The van der Waals surface area contributed by atoms with Gasteiger partial charge in [-0.15, -0.1) is 0 Å². The van der Waals surface area contributed by atoms with Gasteiger partial charge in [-0.25, -0.2) is 0 Å². The van der Waals surface area contributed by atoms with Crippen molar-refractivity contribution in [1.82, 2.24) is 9.78 Å². The molecule has 1 aromatic heterocycles. The predicted octanol–water partition coefficient (Wildman–Crippen LogP) is 1.22. The number of aryl methyl sites for hydroxylation is 1. The zero-order chi connectivity index (χ0) is 11.7. The van der Waals surface area contributed by atoms with Crippen LogP contribution in [0.5, 0.6) is 0 Å². The van der Waals surface area contributed by atoms with Gasteiger partial charge in [-0.1, -0.05) is 6.92 Å². The molecule has 16 heavy (non-hydrogen) atoms. The Balaban J connectivity index is 2.48. The Labute approximate surface area is 92.1 Å². The van der Waals surface area contributed by atoms with Crippen molar-refractivity contribution in [2.75, 3.05) is 5.32 Å². The van der Waals surface area contributed by atoms with Gasteiger partial charge in [-0.05, 0) is 18.2 Å². The molecule has 1 heterocycles. The molecule has 1 aromatic carbocycles. The molecule has 0 aliphatic heterocycles. The molecule has 0 spiro atoms. The maximum Gasteiger partial charge on any atom is 0.272 e. The van der Waals surface area contributed by atoms with Crippen LogP contribution in [0.3, 0.4) is 0 Å². The molecule has 0 bridgehead atoms. The maximum atomic E-state index is 11.5. The highest BCUT2D eigenvalue weighted by Crippen LogP contribution is 2.15. The van der Waals surface area contributed by atoms with Crippen LogP contribution in [0.25, 0.3) is 10.9 Å². The van der Waals surface area contributed by atoms with Gasteiger partial charge in [0.15, 0.2) is 0 Å². The number of fused-ring (bicyclic) bond motifs is 1. The number of nitrogens with zero attached hydrogens (tertiary/aromatic N) is 1. The topological polar surface area (TPSA) is 66.9 Å². The van der Waals surface area contributed by atoms with Crippen LogP contribution in [-0.4, -0.2) is 15.7 Å². The molecular formula is C11H13N3O2. The second-order valence-corrected chi connectivity index (χ2v) is 3.63. The van der Waals surface area contributed by atoms with Crippen molar-refractivity contribution in [3.63, 3.8) is 0 Å². The molecular weight excluding hydrogens is 206 g/mol. The van der Waals surface area contributed by atoms with Crippen LogP contribution in [-0.2, 0) is 11.8 Å². The van der Waals surface area contributed by atoms with E-state index in [1.807, 2.05) is 0 Å². The molecule has 0 aliphatic rings. The van der Waals surface area contributed by atoms with Crippen LogP contribution in [0, 0.1) is 0 Å². The van der Waals surface area contributed by atoms with Gasteiger partial charge in [0.1, 0.15) is 0 Å². The monoisotopic (exact) mass is 219 g/mol. The highest BCUT2D eigenvalue weighted by Gasteiger charge is 2.06. The number of aromatic amines is 1. The van der Waals surface area contributed by atoms with Gasteiger partial charge in [0.25, 0.3) is 5.56 Å². The van der Waals surface area contributed by atoms with E-state index in [2.05, 4.69) is 10.4 Å². The van der Waals surface area contributed by atoms with Gasteiger partial charge in [0.2, 0.25) is 5.91 Å². The molecule has 2 rings (SSSR count). The molecule has 2 N–H and O–H groups in total. The van der Waals surface area contributed by atoms with Gasteiger partial charge in [0.05, 0.1) is 10.9 Å². The van der Waals surface area contributed by atoms with E-state index in [1.54, 1.807) is 36.9 Å². The first-order valence-corrected chi connectivity index (χ1v) is 5.10. The van der Waals surface area contributed by atoms with Crippen molar-refractivity contribution in [3.8, 4) is 0 Å². The number of aromatic nitrogens is 2. The average molecular weight is 219 g/mol. The fourth-order valence-electron chi connectivity index (χ4n) is 1.61. The van der Waals surface area contributed by atoms with Crippen LogP contribution >= 0.6 is 0 Å². The van der Waals surface area contributed by atoms with E-state index in [4.69, 9.17) is 0 Å². The number of carbonyl (C=O) groups is 1. The van der Waals surface area contributed by atoms with Crippen LogP contribution in [0.1, 0.15) is 13.3 Å². The van der Waals surface area contributed by atoms with Crippen molar-refractivity contribution < 1.29 is 4.79 Å². The molecule has 84 valence electrons. The molecule has 0 saturated carbocycles. The summed E-state index contributed by atoms with van der Waals surface area (Å²) in [6.07, 6.45) is 0.420. The second kappa shape index (κ2) is 3.84. The zero-order valence-corrected chi connectivity index (χ0v) is 9.20. The molecule has 0 atom stereocenters. The molecule has 0 fully saturated rings. The quantitative estimate of drug-likeness (QED) is 0.797. The number of anilines is 1. The number of amides is 1. The van der Waals surface area contributed by atoms with E-state index < -0.39 is 0 Å². The summed E-state index contributed by atoms with van der Waals surface area (Å²) in [5.74, 6) is -0.0632. The summed E-state index contributed by atoms with van der Waals surface area (Å²) in [6, 6.07) is 5.27. The molecule has 5 nitrogen and oxygen atoms in total. The Hall–Kier alpha value is -2.04. The molecule has 0 unspecified atom stereocenters. The number of hydrogen-bond donors (Lipinski definition) is 2. The lowest BCUT2D eigenvalue weighted by Gasteiger charge is -2.03. The minimum atomic E-state index is -0.148. The van der Waals surface area contributed by atoms with Gasteiger partial charge >= 0.3 is 0 Å². The summed E-state index contributed by atoms with van der Waals surface area (Å²) < 4.78 is 1.66. The number of benzene rings is 1. The standard InChI is InChI=1S/C11H13N3O2/c1-3-10(15)12-7-4-5-9-8(6-7)11(16)13-14(9)2/h4-6H,3H2,1-2H3,(H,12,15)(H,13,16). The fraction of sp³-hybridized carbons (Fsp3) is 0.273. The number of rotatable bonds is 2. The van der Waals surface area contributed by atoms with Crippen molar-refractivity contribution >= 4 is 22.5 Å². The number of hydrogen-bond acceptors (Lipinski definition) is 2. The average Bonchev–Trinajstić information content (AvgIpc) is 2.54. The molecule has 2 aromatic rings. The Morgan fingerprint density at radius 1 is 1.50 bits per heavy atom. The largest absolute Gasteiger partial charge is 0.326 e. The van der Waals surface area contributed by atoms with Crippen LogP contribution in [0.2, 0.25) is 0 Å². The fourth-order valence-corrected chi connectivity index (χ4v) is 1.61. The van der Waals surface area contributed by atoms with Crippen LogP contribution < -0.4 is 10.9 Å². The lowest BCUT2D eigenvalue weighted by Crippen LogP contribution is -2.09. The molecule has 5 heteroatoms. The van der Waals surface area contributed by atoms with Crippen molar-refractivity contribution in [3.05, 3.63) is 28.6 Å². The predicted molar refractivity (Wildman–Crippen MR) is 62.5 cm³/mol. The smallest absolute Gasteiger partial charge is 0.272 e. The third-order valence-electron chi connectivity index (χ3n) is 2.48. The first-order chi connectivity index (χ1) is 7.61. The van der Waals surface area contributed by atoms with Gasteiger partial charge in [-0.3, -0.25) is 19.4 Å². The summed E-state index contributed by atoms with van der Waals surface area (Å²) in [4.78, 5) is 22.7. The van der Waals surface area contributed by atoms with Gasteiger partial charge in [-0.2, -0.15) is 0 Å². The number of carbonyl (C=O) groups excluding carboxylic acids is 1. The lowest BCUT2D eigenvalue weighted by atomic mass is 10.2. The van der Waals surface area contributed by atoms with E-state index in [0.29, 0.717) is 17.5 Å². The van der Waals surface area contributed by atoms with Crippen LogP contribution in [0.15, 0.2) is 23.0 Å².